The Kier molecular flexibility index (Phi) is 6.87. The van der Waals surface area contributed by atoms with Gasteiger partial charge in [-0.3, -0.25) is 4.79 Å². The van der Waals surface area contributed by atoms with Gasteiger partial charge in [-0.15, -0.1) is 11.8 Å². The van der Waals surface area contributed by atoms with Gasteiger partial charge < -0.3 is 10.1 Å². The molecule has 0 aliphatic rings. The number of amides is 1. The van der Waals surface area contributed by atoms with Crippen LogP contribution in [0.2, 0.25) is 5.02 Å². The molecular weight excluding hydrogens is 356 g/mol. The summed E-state index contributed by atoms with van der Waals surface area (Å²) in [5.41, 5.74) is 0.685. The maximum atomic E-state index is 12.2. The van der Waals surface area contributed by atoms with Crippen molar-refractivity contribution in [2.45, 2.75) is 30.2 Å². The molecule has 0 aliphatic carbocycles. The minimum atomic E-state index is -2.87. The molecule has 1 unspecified atom stereocenters. The Bertz CT molecular complexity index is 683. The molecule has 0 radical (unpaired) electrons. The van der Waals surface area contributed by atoms with E-state index in [-0.39, 0.29) is 23.5 Å². The van der Waals surface area contributed by atoms with Crippen molar-refractivity contribution < 1.29 is 18.3 Å². The molecule has 0 saturated heterocycles. The van der Waals surface area contributed by atoms with E-state index in [4.69, 9.17) is 11.6 Å². The molecule has 0 spiro atoms. The number of benzene rings is 2. The van der Waals surface area contributed by atoms with Gasteiger partial charge in [0.15, 0.2) is 0 Å². The standard InChI is InChI=1S/C17H16ClF2NO2S/c1-11(24-15-7-5-13(18)6-8-15)16(22)21-10-12-3-2-4-14(9-12)23-17(19)20/h2-9,11,17H,10H2,1H3,(H,21,22). The number of hydrogen-bond acceptors (Lipinski definition) is 3. The first-order chi connectivity index (χ1) is 11.4. The second kappa shape index (κ2) is 8.89. The number of alkyl halides is 2. The predicted molar refractivity (Wildman–Crippen MR) is 91.7 cm³/mol. The van der Waals surface area contributed by atoms with Crippen molar-refractivity contribution in [3.63, 3.8) is 0 Å². The summed E-state index contributed by atoms with van der Waals surface area (Å²) in [7, 11) is 0. The van der Waals surface area contributed by atoms with Gasteiger partial charge in [0.1, 0.15) is 5.75 Å². The highest BCUT2D eigenvalue weighted by Gasteiger charge is 2.14. The molecule has 0 heterocycles. The number of carbonyl (C=O) groups excluding carboxylic acids is 1. The number of halogens is 3. The van der Waals surface area contributed by atoms with E-state index in [1.807, 2.05) is 12.1 Å². The van der Waals surface area contributed by atoms with Gasteiger partial charge in [0.25, 0.3) is 0 Å². The Hall–Kier alpha value is -1.79. The van der Waals surface area contributed by atoms with E-state index in [9.17, 15) is 13.6 Å². The van der Waals surface area contributed by atoms with Crippen LogP contribution in [0.15, 0.2) is 53.4 Å². The van der Waals surface area contributed by atoms with Crippen molar-refractivity contribution in [2.24, 2.45) is 0 Å². The van der Waals surface area contributed by atoms with Crippen molar-refractivity contribution in [3.8, 4) is 5.75 Å². The summed E-state index contributed by atoms with van der Waals surface area (Å²) in [6, 6.07) is 13.5. The molecule has 3 nitrogen and oxygen atoms in total. The molecule has 7 heteroatoms. The normalized spacial score (nSPS) is 12.0. The smallest absolute Gasteiger partial charge is 0.387 e. The van der Waals surface area contributed by atoms with E-state index in [0.29, 0.717) is 10.6 Å². The third-order valence-electron chi connectivity index (χ3n) is 3.09. The second-order valence-corrected chi connectivity index (χ2v) is 6.81. The summed E-state index contributed by atoms with van der Waals surface area (Å²) in [4.78, 5) is 13.1. The lowest BCUT2D eigenvalue weighted by molar-refractivity contribution is -0.120. The average molecular weight is 372 g/mol. The van der Waals surface area contributed by atoms with Crippen LogP contribution in [-0.2, 0) is 11.3 Å². The van der Waals surface area contributed by atoms with Crippen molar-refractivity contribution in [1.82, 2.24) is 5.32 Å². The zero-order chi connectivity index (χ0) is 17.5. The topological polar surface area (TPSA) is 38.3 Å². The summed E-state index contributed by atoms with van der Waals surface area (Å²) in [6.45, 7) is -0.832. The molecule has 0 fully saturated rings. The number of ether oxygens (including phenoxy) is 1. The van der Waals surface area contributed by atoms with Crippen LogP contribution in [0.4, 0.5) is 8.78 Å². The minimum absolute atomic E-state index is 0.0698. The summed E-state index contributed by atoms with van der Waals surface area (Å²) in [5, 5.41) is 3.12. The highest BCUT2D eigenvalue weighted by molar-refractivity contribution is 8.00. The lowest BCUT2D eigenvalue weighted by atomic mass is 10.2. The van der Waals surface area contributed by atoms with E-state index in [1.54, 1.807) is 31.2 Å². The van der Waals surface area contributed by atoms with Crippen molar-refractivity contribution in [3.05, 3.63) is 59.1 Å². The van der Waals surface area contributed by atoms with Crippen LogP contribution in [0.5, 0.6) is 5.75 Å². The van der Waals surface area contributed by atoms with Gasteiger partial charge in [0.2, 0.25) is 5.91 Å². The number of carbonyl (C=O) groups is 1. The fourth-order valence-electron chi connectivity index (χ4n) is 1.94. The third-order valence-corrected chi connectivity index (χ3v) is 4.45. The highest BCUT2D eigenvalue weighted by Crippen LogP contribution is 2.25. The first kappa shape index (κ1) is 18.5. The van der Waals surface area contributed by atoms with Crippen molar-refractivity contribution in [2.75, 3.05) is 0 Å². The number of thioether (sulfide) groups is 1. The molecule has 2 aromatic rings. The van der Waals surface area contributed by atoms with Crippen LogP contribution in [0.1, 0.15) is 12.5 Å². The molecule has 2 rings (SSSR count). The van der Waals surface area contributed by atoms with E-state index >= 15 is 0 Å². The van der Waals surface area contributed by atoms with Crippen LogP contribution >= 0.6 is 23.4 Å². The quantitative estimate of drug-likeness (QED) is 0.714. The highest BCUT2D eigenvalue weighted by atomic mass is 35.5. The number of rotatable bonds is 7. The van der Waals surface area contributed by atoms with Gasteiger partial charge in [0, 0.05) is 16.5 Å². The molecule has 1 atom stereocenters. The third kappa shape index (κ3) is 6.02. The van der Waals surface area contributed by atoms with Crippen LogP contribution in [0.25, 0.3) is 0 Å². The fourth-order valence-corrected chi connectivity index (χ4v) is 2.95. The van der Waals surface area contributed by atoms with Crippen LogP contribution in [-0.4, -0.2) is 17.8 Å². The van der Waals surface area contributed by atoms with E-state index in [2.05, 4.69) is 10.1 Å². The molecule has 0 bridgehead atoms. The van der Waals surface area contributed by atoms with Crippen LogP contribution < -0.4 is 10.1 Å². The SMILES string of the molecule is CC(Sc1ccc(Cl)cc1)C(=O)NCc1cccc(OC(F)F)c1. The zero-order valence-electron chi connectivity index (χ0n) is 12.8. The molecule has 0 saturated carbocycles. The predicted octanol–water partition coefficient (Wildman–Crippen LogP) is 4.74. The van der Waals surface area contributed by atoms with Gasteiger partial charge in [-0.05, 0) is 48.9 Å². The molecule has 2 aromatic carbocycles. The monoisotopic (exact) mass is 371 g/mol. The lowest BCUT2D eigenvalue weighted by Gasteiger charge is -2.13. The number of nitrogens with one attached hydrogen (secondary N) is 1. The van der Waals surface area contributed by atoms with Crippen LogP contribution in [0.3, 0.4) is 0 Å². The maximum Gasteiger partial charge on any atom is 0.387 e. The van der Waals surface area contributed by atoms with E-state index in [1.165, 1.54) is 23.9 Å². The molecule has 1 amide bonds. The maximum absolute atomic E-state index is 12.2. The fraction of sp³-hybridized carbons (Fsp3) is 0.235. The largest absolute Gasteiger partial charge is 0.435 e. The van der Waals surface area contributed by atoms with Gasteiger partial charge in [-0.1, -0.05) is 23.7 Å². The summed E-state index contributed by atoms with van der Waals surface area (Å²) >= 11 is 7.24. The van der Waals surface area contributed by atoms with Crippen molar-refractivity contribution >= 4 is 29.3 Å². The lowest BCUT2D eigenvalue weighted by Crippen LogP contribution is -2.30. The second-order valence-electron chi connectivity index (χ2n) is 4.96. The summed E-state index contributed by atoms with van der Waals surface area (Å²) in [5.74, 6) is -0.0736. The Balaban J connectivity index is 1.86. The molecule has 0 aliphatic heterocycles. The Labute approximate surface area is 148 Å². The number of hydrogen-bond donors (Lipinski definition) is 1. The van der Waals surface area contributed by atoms with Gasteiger partial charge >= 0.3 is 6.61 Å². The van der Waals surface area contributed by atoms with E-state index < -0.39 is 6.61 Å². The van der Waals surface area contributed by atoms with Crippen molar-refractivity contribution in [1.29, 1.82) is 0 Å². The Morgan fingerprint density at radius 2 is 1.96 bits per heavy atom. The zero-order valence-corrected chi connectivity index (χ0v) is 14.4. The van der Waals surface area contributed by atoms with Gasteiger partial charge in [0.05, 0.1) is 5.25 Å². The first-order valence-electron chi connectivity index (χ1n) is 7.18. The molecule has 24 heavy (non-hydrogen) atoms. The first-order valence-corrected chi connectivity index (χ1v) is 8.43. The molecule has 128 valence electrons. The Morgan fingerprint density at radius 1 is 1.25 bits per heavy atom. The Morgan fingerprint density at radius 3 is 2.62 bits per heavy atom. The van der Waals surface area contributed by atoms with Gasteiger partial charge in [-0.2, -0.15) is 8.78 Å². The molecule has 0 aromatic heterocycles. The van der Waals surface area contributed by atoms with E-state index in [0.717, 1.165) is 4.90 Å². The summed E-state index contributed by atoms with van der Waals surface area (Å²) < 4.78 is 28.7. The molecular formula is C17H16ClF2NO2S. The summed E-state index contributed by atoms with van der Waals surface area (Å²) in [6.07, 6.45) is 0. The van der Waals surface area contributed by atoms with Crippen LogP contribution in [0, 0.1) is 0 Å². The molecule has 1 N–H and O–H groups in total. The average Bonchev–Trinajstić information content (AvgIpc) is 2.54. The minimum Gasteiger partial charge on any atom is -0.435 e. The van der Waals surface area contributed by atoms with Gasteiger partial charge in [-0.25, -0.2) is 0 Å².